The molecule has 21 heavy (non-hydrogen) atoms. The number of hydrogen-bond acceptors (Lipinski definition) is 4. The molecule has 6 heteroatoms. The molecule has 0 saturated heterocycles. The predicted molar refractivity (Wildman–Crippen MR) is 78.6 cm³/mol. The molecule has 4 N–H and O–H groups in total. The molecule has 1 aromatic rings. The lowest BCUT2D eigenvalue weighted by atomic mass is 9.95. The first kappa shape index (κ1) is 15.3. The maximum Gasteiger partial charge on any atom is 0.265 e. The van der Waals surface area contributed by atoms with Crippen LogP contribution < -0.4 is 21.3 Å². The maximum absolute atomic E-state index is 11.8. The Balaban J connectivity index is 1.76. The minimum Gasteiger partial charge on any atom is -0.484 e. The second-order valence-electron chi connectivity index (χ2n) is 5.19. The fourth-order valence-electron chi connectivity index (χ4n) is 2.45. The molecule has 0 aromatic heterocycles. The second-order valence-corrected chi connectivity index (χ2v) is 5.19. The van der Waals surface area contributed by atoms with Crippen molar-refractivity contribution >= 4 is 11.8 Å². The minimum atomic E-state index is -0.364. The van der Waals surface area contributed by atoms with E-state index < -0.39 is 0 Å². The smallest absolute Gasteiger partial charge is 0.265 e. The Kier molecular flexibility index (Phi) is 5.57. The summed E-state index contributed by atoms with van der Waals surface area (Å²) in [5.74, 6) is 5.12. The van der Waals surface area contributed by atoms with Crippen LogP contribution >= 0.6 is 0 Å². The van der Waals surface area contributed by atoms with Gasteiger partial charge < -0.3 is 10.1 Å². The van der Waals surface area contributed by atoms with Gasteiger partial charge in [-0.2, -0.15) is 0 Å². The van der Waals surface area contributed by atoms with Crippen LogP contribution in [0.2, 0.25) is 0 Å². The van der Waals surface area contributed by atoms with Gasteiger partial charge in [-0.25, -0.2) is 5.84 Å². The summed E-state index contributed by atoms with van der Waals surface area (Å²) in [6, 6.07) is 6.75. The van der Waals surface area contributed by atoms with Gasteiger partial charge in [-0.1, -0.05) is 19.3 Å². The van der Waals surface area contributed by atoms with Crippen LogP contribution in [0.25, 0.3) is 0 Å². The summed E-state index contributed by atoms with van der Waals surface area (Å²) in [6.07, 6.45) is 5.71. The van der Waals surface area contributed by atoms with E-state index in [2.05, 4.69) is 10.7 Å². The standard InChI is InChI=1S/C15H21N3O3/c16-18-15(20)11-6-8-13(9-7-11)21-10-14(19)17-12-4-2-1-3-5-12/h6-9,12H,1-5,10,16H2,(H,17,19)(H,18,20). The van der Waals surface area contributed by atoms with Crippen LogP contribution in [0.3, 0.4) is 0 Å². The van der Waals surface area contributed by atoms with E-state index in [1.54, 1.807) is 24.3 Å². The van der Waals surface area contributed by atoms with Gasteiger partial charge in [0.2, 0.25) is 0 Å². The van der Waals surface area contributed by atoms with Crippen LogP contribution in [0.5, 0.6) is 5.75 Å². The van der Waals surface area contributed by atoms with Crippen molar-refractivity contribution in [3.05, 3.63) is 29.8 Å². The molecule has 0 bridgehead atoms. The van der Waals surface area contributed by atoms with Gasteiger partial charge in [-0.3, -0.25) is 15.0 Å². The number of nitrogen functional groups attached to an aromatic ring is 1. The van der Waals surface area contributed by atoms with Crippen molar-refractivity contribution in [3.8, 4) is 5.75 Å². The maximum atomic E-state index is 11.8. The summed E-state index contributed by atoms with van der Waals surface area (Å²) in [5.41, 5.74) is 2.49. The third-order valence-electron chi connectivity index (χ3n) is 3.59. The second kappa shape index (κ2) is 7.64. The van der Waals surface area contributed by atoms with Crippen molar-refractivity contribution in [2.45, 2.75) is 38.1 Å². The van der Waals surface area contributed by atoms with Crippen molar-refractivity contribution < 1.29 is 14.3 Å². The van der Waals surface area contributed by atoms with Gasteiger partial charge in [0, 0.05) is 11.6 Å². The lowest BCUT2D eigenvalue weighted by molar-refractivity contribution is -0.124. The number of hydrazine groups is 1. The van der Waals surface area contributed by atoms with Crippen LogP contribution in [0.15, 0.2) is 24.3 Å². The molecule has 1 aliphatic rings. The summed E-state index contributed by atoms with van der Waals surface area (Å²) in [6.45, 7) is -0.0149. The Labute approximate surface area is 124 Å². The predicted octanol–water partition coefficient (Wildman–Crippen LogP) is 1.12. The number of nitrogens with one attached hydrogen (secondary N) is 2. The van der Waals surface area contributed by atoms with E-state index in [4.69, 9.17) is 10.6 Å². The summed E-state index contributed by atoms with van der Waals surface area (Å²) < 4.78 is 5.40. The lowest BCUT2D eigenvalue weighted by Gasteiger charge is -2.22. The Morgan fingerprint density at radius 2 is 1.81 bits per heavy atom. The molecule has 2 rings (SSSR count). The van der Waals surface area contributed by atoms with Crippen molar-refractivity contribution in [1.82, 2.24) is 10.7 Å². The number of rotatable bonds is 5. The fraction of sp³-hybridized carbons (Fsp3) is 0.467. The van der Waals surface area contributed by atoms with Crippen LogP contribution in [0.4, 0.5) is 0 Å². The summed E-state index contributed by atoms with van der Waals surface area (Å²) >= 11 is 0. The average Bonchev–Trinajstić information content (AvgIpc) is 2.53. The van der Waals surface area contributed by atoms with E-state index in [0.29, 0.717) is 11.3 Å². The highest BCUT2D eigenvalue weighted by atomic mass is 16.5. The number of ether oxygens (including phenoxy) is 1. The highest BCUT2D eigenvalue weighted by Crippen LogP contribution is 2.17. The first-order valence-electron chi connectivity index (χ1n) is 7.22. The van der Waals surface area contributed by atoms with Gasteiger partial charge in [0.25, 0.3) is 11.8 Å². The molecule has 0 spiro atoms. The number of nitrogens with two attached hydrogens (primary N) is 1. The van der Waals surface area contributed by atoms with Crippen LogP contribution in [-0.2, 0) is 4.79 Å². The molecule has 0 radical (unpaired) electrons. The normalized spacial score (nSPS) is 15.3. The quantitative estimate of drug-likeness (QED) is 0.430. The zero-order valence-electron chi connectivity index (χ0n) is 11.9. The zero-order chi connectivity index (χ0) is 15.1. The first-order valence-corrected chi connectivity index (χ1v) is 7.22. The summed E-state index contributed by atoms with van der Waals surface area (Å²) in [5, 5.41) is 2.98. The molecular weight excluding hydrogens is 270 g/mol. The lowest BCUT2D eigenvalue weighted by Crippen LogP contribution is -2.38. The molecule has 0 unspecified atom stereocenters. The molecule has 1 fully saturated rings. The number of carbonyl (C=O) groups excluding carboxylic acids is 2. The minimum absolute atomic E-state index is 0.0149. The number of benzene rings is 1. The van der Waals surface area contributed by atoms with Gasteiger partial charge in [0.05, 0.1) is 0 Å². The third kappa shape index (κ3) is 4.75. The Bertz CT molecular complexity index is 481. The van der Waals surface area contributed by atoms with E-state index in [-0.39, 0.29) is 24.5 Å². The van der Waals surface area contributed by atoms with Gasteiger partial charge in [0.15, 0.2) is 6.61 Å². The molecule has 0 atom stereocenters. The number of carbonyl (C=O) groups is 2. The summed E-state index contributed by atoms with van der Waals surface area (Å²) in [7, 11) is 0. The highest BCUT2D eigenvalue weighted by molar-refractivity contribution is 5.93. The van der Waals surface area contributed by atoms with Crippen molar-refractivity contribution in [2.75, 3.05) is 6.61 Å². The molecule has 114 valence electrons. The van der Waals surface area contributed by atoms with Crippen LogP contribution in [-0.4, -0.2) is 24.5 Å². The molecule has 1 aliphatic carbocycles. The largest absolute Gasteiger partial charge is 0.484 e. The van der Waals surface area contributed by atoms with Crippen LogP contribution in [0, 0.1) is 0 Å². The van der Waals surface area contributed by atoms with E-state index in [9.17, 15) is 9.59 Å². The van der Waals surface area contributed by atoms with E-state index >= 15 is 0 Å². The molecule has 6 nitrogen and oxygen atoms in total. The molecule has 0 aliphatic heterocycles. The average molecular weight is 291 g/mol. The molecule has 1 saturated carbocycles. The summed E-state index contributed by atoms with van der Waals surface area (Å²) in [4.78, 5) is 23.1. The zero-order valence-corrected chi connectivity index (χ0v) is 11.9. The molecule has 1 aromatic carbocycles. The fourth-order valence-corrected chi connectivity index (χ4v) is 2.45. The van der Waals surface area contributed by atoms with E-state index in [1.165, 1.54) is 19.3 Å². The molecule has 2 amide bonds. The topological polar surface area (TPSA) is 93.4 Å². The van der Waals surface area contributed by atoms with Gasteiger partial charge in [-0.05, 0) is 37.1 Å². The number of hydrogen-bond donors (Lipinski definition) is 3. The SMILES string of the molecule is NNC(=O)c1ccc(OCC(=O)NC2CCCCC2)cc1. The van der Waals surface area contributed by atoms with E-state index in [1.807, 2.05) is 0 Å². The molecule has 0 heterocycles. The van der Waals surface area contributed by atoms with Gasteiger partial charge in [-0.15, -0.1) is 0 Å². The van der Waals surface area contributed by atoms with Gasteiger partial charge in [0.1, 0.15) is 5.75 Å². The Morgan fingerprint density at radius 1 is 1.14 bits per heavy atom. The Hall–Kier alpha value is -2.08. The first-order chi connectivity index (χ1) is 10.2. The third-order valence-corrected chi connectivity index (χ3v) is 3.59. The highest BCUT2D eigenvalue weighted by Gasteiger charge is 2.15. The monoisotopic (exact) mass is 291 g/mol. The van der Waals surface area contributed by atoms with Crippen molar-refractivity contribution in [2.24, 2.45) is 5.84 Å². The molecular formula is C15H21N3O3. The number of amides is 2. The van der Waals surface area contributed by atoms with Crippen molar-refractivity contribution in [3.63, 3.8) is 0 Å². The van der Waals surface area contributed by atoms with Crippen molar-refractivity contribution in [1.29, 1.82) is 0 Å². The Morgan fingerprint density at radius 3 is 2.43 bits per heavy atom. The van der Waals surface area contributed by atoms with Crippen LogP contribution in [0.1, 0.15) is 42.5 Å². The van der Waals surface area contributed by atoms with E-state index in [0.717, 1.165) is 12.8 Å². The van der Waals surface area contributed by atoms with Gasteiger partial charge >= 0.3 is 0 Å².